The van der Waals surface area contributed by atoms with E-state index < -0.39 is 23.2 Å². The highest BCUT2D eigenvalue weighted by Gasteiger charge is 2.35. The van der Waals surface area contributed by atoms with Crippen LogP contribution in [0.3, 0.4) is 0 Å². The first kappa shape index (κ1) is 19.5. The Morgan fingerprint density at radius 1 is 0.967 bits per heavy atom. The van der Waals surface area contributed by atoms with Gasteiger partial charge in [-0.05, 0) is 36.2 Å². The molecule has 1 aliphatic heterocycles. The Balaban J connectivity index is 1.68. The van der Waals surface area contributed by atoms with Crippen LogP contribution in [0.2, 0.25) is 0 Å². The van der Waals surface area contributed by atoms with Crippen molar-refractivity contribution < 1.29 is 14.7 Å². The zero-order chi connectivity index (χ0) is 21.3. The summed E-state index contributed by atoms with van der Waals surface area (Å²) in [7, 11) is 0. The number of amides is 1. The number of hydrogen-bond acceptors (Lipinski definition) is 5. The lowest BCUT2D eigenvalue weighted by Crippen LogP contribution is -2.45. The van der Waals surface area contributed by atoms with E-state index in [9.17, 15) is 19.2 Å². The Morgan fingerprint density at radius 2 is 1.67 bits per heavy atom. The van der Waals surface area contributed by atoms with Crippen molar-refractivity contribution in [1.82, 2.24) is 9.13 Å². The summed E-state index contributed by atoms with van der Waals surface area (Å²) in [6.07, 6.45) is 1.62. The predicted octanol–water partition coefficient (Wildman–Crippen LogP) is 1.17. The molecule has 0 aliphatic carbocycles. The first-order valence-corrected chi connectivity index (χ1v) is 9.46. The summed E-state index contributed by atoms with van der Waals surface area (Å²) in [4.78, 5) is 52.5. The number of aliphatic hydroxyl groups is 1. The molecule has 2 heterocycles. The summed E-state index contributed by atoms with van der Waals surface area (Å²) in [6.45, 7) is 0.295. The van der Waals surface area contributed by atoms with Crippen molar-refractivity contribution in [3.8, 4) is 0 Å². The number of anilines is 1. The number of carbonyl (C=O) groups is 2. The van der Waals surface area contributed by atoms with E-state index in [0.29, 0.717) is 23.2 Å². The molecule has 1 aliphatic rings. The number of aromatic nitrogens is 2. The zero-order valence-electron chi connectivity index (χ0n) is 16.0. The van der Waals surface area contributed by atoms with Crippen molar-refractivity contribution in [2.75, 3.05) is 11.4 Å². The predicted molar refractivity (Wildman–Crippen MR) is 110 cm³/mol. The average molecular weight is 405 g/mol. The number of nitrogens with zero attached hydrogens (tertiary/aromatic N) is 3. The molecule has 30 heavy (non-hydrogen) atoms. The number of hydrogen-bond donors (Lipinski definition) is 1. The quantitative estimate of drug-likeness (QED) is 0.702. The van der Waals surface area contributed by atoms with Crippen LogP contribution in [0.5, 0.6) is 0 Å². The molecule has 4 rings (SSSR count). The molecular weight excluding hydrogens is 386 g/mol. The molecule has 8 nitrogen and oxygen atoms in total. The van der Waals surface area contributed by atoms with Gasteiger partial charge in [-0.2, -0.15) is 4.57 Å². The minimum Gasteiger partial charge on any atom is -0.392 e. The molecule has 1 aromatic heterocycles. The third-order valence-electron chi connectivity index (χ3n) is 5.18. The van der Waals surface area contributed by atoms with Gasteiger partial charge in [0, 0.05) is 30.1 Å². The summed E-state index contributed by atoms with van der Waals surface area (Å²) in [5.41, 5.74) is 0.00285. The topological polar surface area (TPSA) is 102 Å². The van der Waals surface area contributed by atoms with Crippen molar-refractivity contribution in [1.29, 1.82) is 0 Å². The number of benzene rings is 2. The fourth-order valence-corrected chi connectivity index (χ4v) is 3.59. The van der Waals surface area contributed by atoms with Gasteiger partial charge in [0.1, 0.15) is 6.04 Å². The van der Waals surface area contributed by atoms with Crippen molar-refractivity contribution >= 4 is 17.5 Å². The second kappa shape index (κ2) is 7.92. The third kappa shape index (κ3) is 3.37. The summed E-state index contributed by atoms with van der Waals surface area (Å²) >= 11 is 0. The summed E-state index contributed by atoms with van der Waals surface area (Å²) < 4.78 is 1.70. The molecule has 0 bridgehead atoms. The van der Waals surface area contributed by atoms with Crippen LogP contribution >= 0.6 is 0 Å². The van der Waals surface area contributed by atoms with Gasteiger partial charge < -0.3 is 10.0 Å². The van der Waals surface area contributed by atoms with Gasteiger partial charge in [0.25, 0.3) is 11.5 Å². The van der Waals surface area contributed by atoms with E-state index in [1.165, 1.54) is 18.3 Å². The van der Waals surface area contributed by atoms with E-state index in [-0.39, 0.29) is 18.1 Å². The first-order valence-electron chi connectivity index (χ1n) is 9.46. The molecule has 0 radical (unpaired) electrons. The Labute approximate surface area is 171 Å². The van der Waals surface area contributed by atoms with Gasteiger partial charge in [-0.1, -0.05) is 30.3 Å². The molecule has 1 atom stereocenters. The van der Waals surface area contributed by atoms with Gasteiger partial charge in [0.05, 0.1) is 6.61 Å². The van der Waals surface area contributed by atoms with Crippen molar-refractivity contribution in [2.45, 2.75) is 19.1 Å². The van der Waals surface area contributed by atoms with Gasteiger partial charge in [0.2, 0.25) is 5.91 Å². The highest BCUT2D eigenvalue weighted by Crippen LogP contribution is 2.27. The monoisotopic (exact) mass is 405 g/mol. The molecular formula is C22H19N3O5. The lowest BCUT2D eigenvalue weighted by molar-refractivity contribution is -0.119. The largest absolute Gasteiger partial charge is 0.392 e. The van der Waals surface area contributed by atoms with E-state index in [1.807, 2.05) is 0 Å². The number of rotatable bonds is 4. The average Bonchev–Trinajstić information content (AvgIpc) is 3.15. The van der Waals surface area contributed by atoms with Crippen LogP contribution in [0.1, 0.15) is 28.4 Å². The fraction of sp³-hybridized carbons (Fsp3) is 0.182. The van der Waals surface area contributed by atoms with Crippen LogP contribution in [0, 0.1) is 0 Å². The van der Waals surface area contributed by atoms with Gasteiger partial charge in [-0.3, -0.25) is 19.0 Å². The van der Waals surface area contributed by atoms with Gasteiger partial charge in [0.15, 0.2) is 0 Å². The highest BCUT2D eigenvalue weighted by molar-refractivity contribution is 5.98. The summed E-state index contributed by atoms with van der Waals surface area (Å²) in [6, 6.07) is 15.3. The molecule has 1 fully saturated rings. The Morgan fingerprint density at radius 3 is 2.33 bits per heavy atom. The van der Waals surface area contributed by atoms with E-state index in [0.717, 1.165) is 16.2 Å². The van der Waals surface area contributed by atoms with Crippen molar-refractivity contribution in [3.05, 3.63) is 98.8 Å². The van der Waals surface area contributed by atoms with Crippen molar-refractivity contribution in [3.63, 3.8) is 0 Å². The maximum Gasteiger partial charge on any atom is 0.338 e. The zero-order valence-corrected chi connectivity index (χ0v) is 16.0. The van der Waals surface area contributed by atoms with Gasteiger partial charge >= 0.3 is 5.69 Å². The van der Waals surface area contributed by atoms with Gasteiger partial charge in [-0.15, -0.1) is 0 Å². The highest BCUT2D eigenvalue weighted by atomic mass is 16.3. The molecule has 152 valence electrons. The molecule has 1 amide bonds. The molecule has 1 saturated heterocycles. The maximum atomic E-state index is 13.0. The lowest BCUT2D eigenvalue weighted by atomic mass is 10.2. The smallest absolute Gasteiger partial charge is 0.338 e. The molecule has 8 heteroatoms. The van der Waals surface area contributed by atoms with E-state index in [2.05, 4.69) is 0 Å². The molecule has 1 unspecified atom stereocenters. The van der Waals surface area contributed by atoms with Crippen LogP contribution in [-0.4, -0.2) is 32.6 Å². The number of aliphatic hydroxyl groups excluding tert-OH is 1. The van der Waals surface area contributed by atoms with Crippen LogP contribution in [-0.2, 0) is 11.4 Å². The molecule has 0 saturated carbocycles. The minimum atomic E-state index is -0.841. The first-order chi connectivity index (χ1) is 14.5. The third-order valence-corrected chi connectivity index (χ3v) is 5.18. The summed E-state index contributed by atoms with van der Waals surface area (Å²) in [5, 5.41) is 9.17. The van der Waals surface area contributed by atoms with Crippen LogP contribution in [0.15, 0.2) is 76.4 Å². The molecule has 2 aromatic carbocycles. The second-order valence-corrected chi connectivity index (χ2v) is 6.97. The molecule has 1 N–H and O–H groups in total. The Hall–Kier alpha value is -3.78. The second-order valence-electron chi connectivity index (χ2n) is 6.97. The lowest BCUT2D eigenvalue weighted by Gasteiger charge is -2.18. The van der Waals surface area contributed by atoms with Gasteiger partial charge in [-0.25, -0.2) is 4.79 Å². The van der Waals surface area contributed by atoms with Crippen molar-refractivity contribution in [2.24, 2.45) is 0 Å². The number of carbonyl (C=O) groups excluding carboxylic acids is 2. The minimum absolute atomic E-state index is 0.0940. The Kier molecular flexibility index (Phi) is 5.16. The normalized spacial score (nSPS) is 16.1. The van der Waals surface area contributed by atoms with Crippen LogP contribution in [0.4, 0.5) is 5.69 Å². The summed E-state index contributed by atoms with van der Waals surface area (Å²) in [5.74, 6) is -1.03. The van der Waals surface area contributed by atoms with E-state index in [4.69, 9.17) is 5.11 Å². The standard InChI is InChI=1S/C22H19N3O5/c26-14-15-6-8-17(9-7-15)23-12-10-18(21(23)29)24-13-11-19(27)25(22(24)30)20(28)16-4-2-1-3-5-16/h1-9,11,13,18,26H,10,12,14H2. The van der Waals surface area contributed by atoms with E-state index >= 15 is 0 Å². The van der Waals surface area contributed by atoms with Crippen LogP contribution < -0.4 is 16.1 Å². The SMILES string of the molecule is O=C1C(n2ccc(=O)n(C(=O)c3ccccc3)c2=O)CCN1c1ccc(CO)cc1. The molecule has 0 spiro atoms. The maximum absolute atomic E-state index is 13.0. The van der Waals surface area contributed by atoms with E-state index in [1.54, 1.807) is 47.4 Å². The Bertz CT molecular complexity index is 1210. The van der Waals surface area contributed by atoms with Crippen LogP contribution in [0.25, 0.3) is 0 Å². The fourth-order valence-electron chi connectivity index (χ4n) is 3.59. The molecule has 3 aromatic rings.